The number of benzene rings is 7. The van der Waals surface area contributed by atoms with Gasteiger partial charge in [-0.2, -0.15) is 0 Å². The molecule has 11 rings (SSSR count). The highest BCUT2D eigenvalue weighted by molar-refractivity contribution is 6.15. The van der Waals surface area contributed by atoms with Crippen LogP contribution in [0.25, 0.3) is 76.9 Å². The fourth-order valence-electron chi connectivity index (χ4n) is 7.72. The zero-order valence-electron chi connectivity index (χ0n) is 28.1. The Labute approximate surface area is 297 Å². The van der Waals surface area contributed by atoms with E-state index in [1.54, 1.807) is 0 Å². The molecule has 1 atom stereocenters. The maximum absolute atomic E-state index is 6.56. The van der Waals surface area contributed by atoms with Gasteiger partial charge in [-0.05, 0) is 77.4 Å². The van der Waals surface area contributed by atoms with Crippen molar-refractivity contribution in [1.82, 2.24) is 4.90 Å². The van der Waals surface area contributed by atoms with E-state index in [0.29, 0.717) is 5.84 Å². The van der Waals surface area contributed by atoms with Crippen LogP contribution in [0.1, 0.15) is 22.9 Å². The summed E-state index contributed by atoms with van der Waals surface area (Å²) in [5.74, 6) is 1.50. The molecule has 0 fully saturated rings. The van der Waals surface area contributed by atoms with Crippen LogP contribution >= 0.6 is 0 Å². The lowest BCUT2D eigenvalue weighted by Gasteiger charge is -2.32. The highest BCUT2D eigenvalue weighted by Gasteiger charge is 2.28. The molecule has 6 nitrogen and oxygen atoms in total. The quantitative estimate of drug-likeness (QED) is 0.187. The normalized spacial score (nSPS) is 15.0. The van der Waals surface area contributed by atoms with Crippen LogP contribution in [0.4, 0.5) is 0 Å². The molecule has 0 spiro atoms. The number of nitrogens with zero attached hydrogens (tertiary/aromatic N) is 3. The van der Waals surface area contributed by atoms with Gasteiger partial charge in [0.15, 0.2) is 12.0 Å². The molecule has 0 radical (unpaired) electrons. The van der Waals surface area contributed by atoms with Crippen molar-refractivity contribution in [2.24, 2.45) is 9.98 Å². The van der Waals surface area contributed by atoms with E-state index >= 15 is 0 Å². The number of hydrogen-bond acceptors (Lipinski definition) is 6. The summed E-state index contributed by atoms with van der Waals surface area (Å²) in [6.07, 6.45) is -0.307. The third-order valence-electron chi connectivity index (χ3n) is 10.3. The molecule has 0 saturated heterocycles. The molecule has 1 unspecified atom stereocenters. The molecule has 4 heterocycles. The van der Waals surface area contributed by atoms with Gasteiger partial charge in [0.05, 0.1) is 0 Å². The average Bonchev–Trinajstić information content (AvgIpc) is 3.88. The lowest BCUT2D eigenvalue weighted by atomic mass is 10.0. The van der Waals surface area contributed by atoms with Gasteiger partial charge in [-0.15, -0.1) is 0 Å². The number of rotatable bonds is 4. The second kappa shape index (κ2) is 11.0. The number of hydrogen-bond donors (Lipinski definition) is 0. The van der Waals surface area contributed by atoms with Gasteiger partial charge in [-0.25, -0.2) is 9.98 Å². The van der Waals surface area contributed by atoms with Crippen molar-refractivity contribution < 1.29 is 13.3 Å². The van der Waals surface area contributed by atoms with E-state index in [-0.39, 0.29) is 6.17 Å². The van der Waals surface area contributed by atoms with E-state index in [0.717, 1.165) is 99.5 Å². The first kappa shape index (κ1) is 28.9. The van der Waals surface area contributed by atoms with Crippen LogP contribution in [0.3, 0.4) is 0 Å². The van der Waals surface area contributed by atoms with Crippen LogP contribution in [0, 0.1) is 0 Å². The van der Waals surface area contributed by atoms with E-state index < -0.39 is 0 Å². The molecule has 0 aliphatic carbocycles. The predicted molar refractivity (Wildman–Crippen MR) is 210 cm³/mol. The summed E-state index contributed by atoms with van der Waals surface area (Å²) in [4.78, 5) is 12.6. The Balaban J connectivity index is 1.01. The van der Waals surface area contributed by atoms with Crippen molar-refractivity contribution in [3.8, 4) is 11.1 Å². The monoisotopic (exact) mass is 671 g/mol. The third kappa shape index (κ3) is 4.44. The van der Waals surface area contributed by atoms with Crippen molar-refractivity contribution >= 4 is 77.5 Å². The van der Waals surface area contributed by atoms with Crippen LogP contribution in [-0.4, -0.2) is 23.6 Å². The van der Waals surface area contributed by atoms with Gasteiger partial charge >= 0.3 is 0 Å². The second-order valence-electron chi connectivity index (χ2n) is 13.4. The SMILES string of the molecule is CN1C(c2ccccc2)=NC(c2ccc3c(c2)oc2cc(-c4ccc5c(c4)oc4ccccc45)ccc23)=NC1c1ccc2oc3ccccc3c2c1. The van der Waals surface area contributed by atoms with Gasteiger partial charge in [0.1, 0.15) is 39.3 Å². The van der Waals surface area contributed by atoms with Gasteiger partial charge in [0.25, 0.3) is 0 Å². The second-order valence-corrected chi connectivity index (χ2v) is 13.4. The van der Waals surface area contributed by atoms with E-state index in [9.17, 15) is 0 Å². The van der Waals surface area contributed by atoms with Crippen molar-refractivity contribution in [2.75, 3.05) is 7.05 Å². The largest absolute Gasteiger partial charge is 0.456 e. The summed E-state index contributed by atoms with van der Waals surface area (Å²) in [5.41, 5.74) is 10.2. The van der Waals surface area contributed by atoms with Crippen LogP contribution in [0.2, 0.25) is 0 Å². The molecule has 10 aromatic rings. The van der Waals surface area contributed by atoms with Crippen molar-refractivity contribution in [2.45, 2.75) is 6.17 Å². The minimum atomic E-state index is -0.307. The summed E-state index contributed by atoms with van der Waals surface area (Å²) < 4.78 is 18.9. The molecule has 7 aromatic carbocycles. The Bertz CT molecular complexity index is 3110. The number of amidine groups is 2. The zero-order chi connectivity index (χ0) is 34.3. The van der Waals surface area contributed by atoms with Crippen LogP contribution < -0.4 is 0 Å². The first-order chi connectivity index (χ1) is 25.6. The molecule has 246 valence electrons. The molecule has 52 heavy (non-hydrogen) atoms. The van der Waals surface area contributed by atoms with Crippen molar-refractivity contribution in [3.05, 3.63) is 168 Å². The smallest absolute Gasteiger partial charge is 0.159 e. The van der Waals surface area contributed by atoms with E-state index in [1.807, 2.05) is 60.7 Å². The van der Waals surface area contributed by atoms with Gasteiger partial charge in [0, 0.05) is 50.5 Å². The molecule has 1 aliphatic heterocycles. The number of aliphatic imine (C=N–C) groups is 2. The highest BCUT2D eigenvalue weighted by Crippen LogP contribution is 2.38. The van der Waals surface area contributed by atoms with Crippen molar-refractivity contribution in [3.63, 3.8) is 0 Å². The summed E-state index contributed by atoms with van der Waals surface area (Å²) in [6.45, 7) is 0. The minimum Gasteiger partial charge on any atom is -0.456 e. The van der Waals surface area contributed by atoms with E-state index in [4.69, 9.17) is 23.2 Å². The van der Waals surface area contributed by atoms with Crippen LogP contribution in [0.15, 0.2) is 175 Å². The summed E-state index contributed by atoms with van der Waals surface area (Å²) in [7, 11) is 2.06. The van der Waals surface area contributed by atoms with Crippen LogP contribution in [0.5, 0.6) is 0 Å². The van der Waals surface area contributed by atoms with Gasteiger partial charge in [-0.1, -0.05) is 91.0 Å². The Morgan fingerprint density at radius 2 is 0.923 bits per heavy atom. The van der Waals surface area contributed by atoms with Crippen LogP contribution in [-0.2, 0) is 0 Å². The molecule has 0 amide bonds. The fourth-order valence-corrected chi connectivity index (χ4v) is 7.72. The summed E-state index contributed by atoms with van der Waals surface area (Å²) in [6, 6.07) is 52.0. The number of para-hydroxylation sites is 2. The lowest BCUT2D eigenvalue weighted by Crippen LogP contribution is -2.35. The molecule has 0 saturated carbocycles. The van der Waals surface area contributed by atoms with E-state index in [2.05, 4.69) is 103 Å². The Hall–Kier alpha value is -6.92. The number of fused-ring (bicyclic) bond motifs is 9. The molecule has 3 aromatic heterocycles. The average molecular weight is 672 g/mol. The Morgan fingerprint density at radius 1 is 0.423 bits per heavy atom. The maximum Gasteiger partial charge on any atom is 0.159 e. The third-order valence-corrected chi connectivity index (χ3v) is 10.3. The first-order valence-corrected chi connectivity index (χ1v) is 17.4. The predicted octanol–water partition coefficient (Wildman–Crippen LogP) is 11.9. The molecule has 6 heteroatoms. The standard InChI is InChI=1S/C46H29N3O3/c1-49-45(27-9-3-2-4-10-27)47-44(48-46(49)31-18-22-40-37(23-31)33-12-6-8-14-39(33)50-40)30-17-21-36-35-20-16-29(25-42(35)52-43(36)26-30)28-15-19-34-32-11-5-7-13-38(32)51-41(34)24-28/h2-26,46H,1H3. The van der Waals surface area contributed by atoms with Gasteiger partial charge in [0.2, 0.25) is 0 Å². The summed E-state index contributed by atoms with van der Waals surface area (Å²) >= 11 is 0. The summed E-state index contributed by atoms with van der Waals surface area (Å²) in [5, 5.41) is 6.51. The lowest BCUT2D eigenvalue weighted by molar-refractivity contribution is 0.383. The van der Waals surface area contributed by atoms with Gasteiger partial charge in [-0.3, -0.25) is 0 Å². The fraction of sp³-hybridized carbons (Fsp3) is 0.0435. The molecular weight excluding hydrogens is 643 g/mol. The van der Waals surface area contributed by atoms with Gasteiger partial charge < -0.3 is 18.2 Å². The highest BCUT2D eigenvalue weighted by atomic mass is 16.3. The number of furan rings is 3. The van der Waals surface area contributed by atoms with E-state index in [1.165, 1.54) is 0 Å². The molecule has 0 bridgehead atoms. The first-order valence-electron chi connectivity index (χ1n) is 17.4. The molecule has 1 aliphatic rings. The minimum absolute atomic E-state index is 0.307. The Morgan fingerprint density at radius 3 is 1.60 bits per heavy atom. The van der Waals surface area contributed by atoms with Crippen molar-refractivity contribution in [1.29, 1.82) is 0 Å². The molecular formula is C46H29N3O3. The topological polar surface area (TPSA) is 67.4 Å². The zero-order valence-corrected chi connectivity index (χ0v) is 28.1. The maximum atomic E-state index is 6.56. The Kier molecular flexibility index (Phi) is 6.13. The molecule has 0 N–H and O–H groups in total.